The molecule has 0 bridgehead atoms. The quantitative estimate of drug-likeness (QED) is 0.376. The molecule has 1 aliphatic heterocycles. The number of benzene rings is 3. The number of carbonyl (C=O) groups is 1. The number of amides is 1. The number of ether oxygens (including phenoxy) is 1. The minimum atomic E-state index is -0.0143. The molecule has 0 radical (unpaired) electrons. The van der Waals surface area contributed by atoms with E-state index >= 15 is 0 Å². The highest BCUT2D eigenvalue weighted by molar-refractivity contribution is 8.18. The van der Waals surface area contributed by atoms with Crippen molar-refractivity contribution < 1.29 is 9.53 Å². The highest BCUT2D eigenvalue weighted by Crippen LogP contribution is 2.38. The molecule has 1 saturated heterocycles. The molecule has 32 heavy (non-hydrogen) atoms. The van der Waals surface area contributed by atoms with E-state index in [1.165, 1.54) is 17.3 Å². The fraction of sp³-hybridized carbons (Fsp3) is 0.259. The lowest BCUT2D eigenvalue weighted by atomic mass is 10.0. The number of rotatable bonds is 7. The average molecular weight is 445 g/mol. The van der Waals surface area contributed by atoms with Crippen LogP contribution in [-0.4, -0.2) is 29.1 Å². The minimum absolute atomic E-state index is 0.0143. The Morgan fingerprint density at radius 2 is 1.78 bits per heavy atom. The molecule has 164 valence electrons. The van der Waals surface area contributed by atoms with E-state index in [1.54, 1.807) is 4.90 Å². The summed E-state index contributed by atoms with van der Waals surface area (Å²) >= 11 is 1.43. The maximum atomic E-state index is 13.3. The largest absolute Gasteiger partial charge is 0.493 e. The fourth-order valence-corrected chi connectivity index (χ4v) is 4.82. The molecule has 0 atom stereocenters. The third-order valence-electron chi connectivity index (χ3n) is 5.46. The summed E-state index contributed by atoms with van der Waals surface area (Å²) < 4.78 is 6.04. The second-order valence-electron chi connectivity index (χ2n) is 7.58. The Morgan fingerprint density at radius 3 is 2.56 bits per heavy atom. The van der Waals surface area contributed by atoms with Crippen molar-refractivity contribution >= 4 is 45.4 Å². The molecule has 4 rings (SSSR count). The predicted octanol–water partition coefficient (Wildman–Crippen LogP) is 6.81. The van der Waals surface area contributed by atoms with Gasteiger partial charge in [0.25, 0.3) is 5.91 Å². The van der Waals surface area contributed by atoms with Gasteiger partial charge in [0.05, 0.1) is 17.2 Å². The van der Waals surface area contributed by atoms with Crippen LogP contribution in [0.1, 0.15) is 38.3 Å². The topological polar surface area (TPSA) is 41.9 Å². The zero-order valence-corrected chi connectivity index (χ0v) is 19.6. The predicted molar refractivity (Wildman–Crippen MR) is 136 cm³/mol. The van der Waals surface area contributed by atoms with E-state index in [0.29, 0.717) is 18.1 Å². The van der Waals surface area contributed by atoms with E-state index in [2.05, 4.69) is 38.1 Å². The first-order valence-corrected chi connectivity index (χ1v) is 12.0. The zero-order chi connectivity index (χ0) is 22.5. The number of hydrogen-bond donors (Lipinski definition) is 0. The van der Waals surface area contributed by atoms with E-state index < -0.39 is 0 Å². The smallest absolute Gasteiger partial charge is 0.266 e. The lowest BCUT2D eigenvalue weighted by Crippen LogP contribution is -2.28. The summed E-state index contributed by atoms with van der Waals surface area (Å²) in [6, 6.07) is 20.4. The van der Waals surface area contributed by atoms with Crippen molar-refractivity contribution in [3.05, 3.63) is 76.7 Å². The number of hydrogen-bond acceptors (Lipinski definition) is 4. The Kier molecular flexibility index (Phi) is 6.96. The van der Waals surface area contributed by atoms with Crippen molar-refractivity contribution in [2.24, 2.45) is 4.99 Å². The van der Waals surface area contributed by atoms with Gasteiger partial charge in [0, 0.05) is 12.1 Å². The number of aryl methyl sites for hydroxylation is 1. The van der Waals surface area contributed by atoms with Gasteiger partial charge in [-0.3, -0.25) is 9.69 Å². The molecule has 0 aromatic heterocycles. The van der Waals surface area contributed by atoms with Gasteiger partial charge in [-0.2, -0.15) is 0 Å². The minimum Gasteiger partial charge on any atom is -0.493 e. The molecule has 0 unspecified atom stereocenters. The number of fused-ring (bicyclic) bond motifs is 1. The summed E-state index contributed by atoms with van der Waals surface area (Å²) in [5, 5.41) is 2.92. The molecule has 0 aliphatic carbocycles. The molecule has 1 heterocycles. The van der Waals surface area contributed by atoms with Crippen molar-refractivity contribution in [3.8, 4) is 5.75 Å². The fourth-order valence-electron chi connectivity index (χ4n) is 3.79. The molecule has 3 aromatic rings. The summed E-state index contributed by atoms with van der Waals surface area (Å²) in [4.78, 5) is 20.6. The number of nitrogens with zero attached hydrogens (tertiary/aromatic N) is 2. The normalized spacial score (nSPS) is 16.5. The van der Waals surface area contributed by atoms with Gasteiger partial charge in [-0.05, 0) is 66.1 Å². The summed E-state index contributed by atoms with van der Waals surface area (Å²) in [5.74, 6) is 0.788. The monoisotopic (exact) mass is 444 g/mol. The number of thioether (sulfide) groups is 1. The molecule has 1 fully saturated rings. The first kappa shape index (κ1) is 22.2. The second-order valence-corrected chi connectivity index (χ2v) is 8.59. The van der Waals surface area contributed by atoms with Crippen LogP contribution >= 0.6 is 11.8 Å². The lowest BCUT2D eigenvalue weighted by Gasteiger charge is -2.13. The van der Waals surface area contributed by atoms with Crippen LogP contribution < -0.4 is 4.74 Å². The highest BCUT2D eigenvalue weighted by Gasteiger charge is 2.32. The standard InChI is InChI=1S/C27H28N2O2S/c1-4-17-31-24-16-15-20-12-7-9-13-21(20)22(24)18-25-26(30)29(6-3)27(32-25)28-23-14-10-8-11-19(23)5-2/h7-16,18H,4-6,17H2,1-3H3/b25-18-,28-27?. The van der Waals surface area contributed by atoms with Crippen LogP contribution in [0.4, 0.5) is 5.69 Å². The molecule has 0 N–H and O–H groups in total. The van der Waals surface area contributed by atoms with Gasteiger partial charge < -0.3 is 4.74 Å². The highest BCUT2D eigenvalue weighted by atomic mass is 32.2. The third kappa shape index (κ3) is 4.44. The summed E-state index contributed by atoms with van der Waals surface area (Å²) in [6.07, 6.45) is 3.79. The first-order valence-electron chi connectivity index (χ1n) is 11.2. The van der Waals surface area contributed by atoms with Crippen LogP contribution in [0.3, 0.4) is 0 Å². The first-order chi connectivity index (χ1) is 15.7. The van der Waals surface area contributed by atoms with E-state index in [4.69, 9.17) is 9.73 Å². The molecule has 4 nitrogen and oxygen atoms in total. The van der Waals surface area contributed by atoms with Crippen molar-refractivity contribution in [2.75, 3.05) is 13.2 Å². The maximum Gasteiger partial charge on any atom is 0.266 e. The van der Waals surface area contributed by atoms with E-state index in [0.717, 1.165) is 45.8 Å². The molecular formula is C27H28N2O2S. The Morgan fingerprint density at radius 1 is 1.00 bits per heavy atom. The number of likely N-dealkylation sites (N-methyl/N-ethyl adjacent to an activating group) is 1. The van der Waals surface area contributed by atoms with Crippen LogP contribution in [-0.2, 0) is 11.2 Å². The van der Waals surface area contributed by atoms with Crippen LogP contribution in [0.5, 0.6) is 5.75 Å². The van der Waals surface area contributed by atoms with Crippen LogP contribution in [0.25, 0.3) is 16.8 Å². The SMILES string of the molecule is CCCOc1ccc2ccccc2c1/C=C1\SC(=Nc2ccccc2CC)N(CC)C1=O. The molecule has 3 aromatic carbocycles. The molecule has 5 heteroatoms. The van der Waals surface area contributed by atoms with Crippen LogP contribution in [0.15, 0.2) is 70.6 Å². The van der Waals surface area contributed by atoms with Gasteiger partial charge >= 0.3 is 0 Å². The van der Waals surface area contributed by atoms with E-state index in [-0.39, 0.29) is 5.91 Å². The average Bonchev–Trinajstić information content (AvgIpc) is 3.12. The number of carbonyl (C=O) groups excluding carboxylic acids is 1. The molecular weight excluding hydrogens is 416 g/mol. The summed E-state index contributed by atoms with van der Waals surface area (Å²) in [5.41, 5.74) is 3.03. The third-order valence-corrected chi connectivity index (χ3v) is 6.47. The summed E-state index contributed by atoms with van der Waals surface area (Å²) in [7, 11) is 0. The molecule has 0 spiro atoms. The summed E-state index contributed by atoms with van der Waals surface area (Å²) in [6.45, 7) is 7.40. The Bertz CT molecular complexity index is 1200. The van der Waals surface area contributed by atoms with Crippen LogP contribution in [0.2, 0.25) is 0 Å². The lowest BCUT2D eigenvalue weighted by molar-refractivity contribution is -0.122. The molecule has 0 saturated carbocycles. The van der Waals surface area contributed by atoms with Crippen molar-refractivity contribution in [1.82, 2.24) is 4.90 Å². The van der Waals surface area contributed by atoms with Gasteiger partial charge in [-0.1, -0.05) is 62.4 Å². The van der Waals surface area contributed by atoms with Gasteiger partial charge in [-0.15, -0.1) is 0 Å². The van der Waals surface area contributed by atoms with Gasteiger partial charge in [0.15, 0.2) is 5.17 Å². The molecule has 1 amide bonds. The van der Waals surface area contributed by atoms with Crippen LogP contribution in [0, 0.1) is 0 Å². The zero-order valence-electron chi connectivity index (χ0n) is 18.8. The van der Waals surface area contributed by atoms with Crippen molar-refractivity contribution in [3.63, 3.8) is 0 Å². The number of para-hydroxylation sites is 1. The maximum absolute atomic E-state index is 13.3. The number of amidine groups is 1. The molecule has 1 aliphatic rings. The Balaban J connectivity index is 1.79. The van der Waals surface area contributed by atoms with Gasteiger partial charge in [-0.25, -0.2) is 4.99 Å². The van der Waals surface area contributed by atoms with E-state index in [9.17, 15) is 4.79 Å². The van der Waals surface area contributed by atoms with Crippen molar-refractivity contribution in [2.45, 2.75) is 33.6 Å². The number of aliphatic imine (C=N–C) groups is 1. The van der Waals surface area contributed by atoms with Gasteiger partial charge in [0.2, 0.25) is 0 Å². The van der Waals surface area contributed by atoms with E-state index in [1.807, 2.05) is 49.4 Å². The Labute approximate surface area is 194 Å². The Hall–Kier alpha value is -3.05. The van der Waals surface area contributed by atoms with Crippen molar-refractivity contribution in [1.29, 1.82) is 0 Å². The second kappa shape index (κ2) is 10.0. The van der Waals surface area contributed by atoms with Gasteiger partial charge in [0.1, 0.15) is 5.75 Å².